The molecule has 0 spiro atoms. The molecular formula is C14H15ClFN2OS+. The van der Waals surface area contributed by atoms with Crippen molar-refractivity contribution in [1.29, 1.82) is 0 Å². The molecule has 0 fully saturated rings. The zero-order chi connectivity index (χ0) is 14.5. The van der Waals surface area contributed by atoms with Crippen LogP contribution in [0.3, 0.4) is 0 Å². The molecule has 2 rings (SSSR count). The lowest BCUT2D eigenvalue weighted by Gasteiger charge is -2.13. The van der Waals surface area contributed by atoms with Crippen LogP contribution in [-0.4, -0.2) is 19.5 Å². The molecule has 2 N–H and O–H groups in total. The largest absolute Gasteiger partial charge is 0.325 e. The van der Waals surface area contributed by atoms with Crippen molar-refractivity contribution in [2.75, 3.05) is 18.9 Å². The van der Waals surface area contributed by atoms with Crippen molar-refractivity contribution >= 4 is 34.5 Å². The van der Waals surface area contributed by atoms with E-state index >= 15 is 0 Å². The van der Waals surface area contributed by atoms with Crippen molar-refractivity contribution in [3.63, 3.8) is 0 Å². The van der Waals surface area contributed by atoms with Gasteiger partial charge in [0, 0.05) is 5.69 Å². The van der Waals surface area contributed by atoms with Crippen LogP contribution in [0.2, 0.25) is 5.02 Å². The maximum absolute atomic E-state index is 13.0. The maximum Gasteiger partial charge on any atom is 0.279 e. The second-order valence-corrected chi connectivity index (χ2v) is 6.01. The number of hydrogen-bond acceptors (Lipinski definition) is 2. The van der Waals surface area contributed by atoms with E-state index in [2.05, 4.69) is 5.32 Å². The van der Waals surface area contributed by atoms with E-state index in [4.69, 9.17) is 11.6 Å². The highest BCUT2D eigenvalue weighted by atomic mass is 35.5. The van der Waals surface area contributed by atoms with Crippen molar-refractivity contribution < 1.29 is 14.1 Å². The second-order valence-electron chi connectivity index (χ2n) is 4.57. The van der Waals surface area contributed by atoms with Gasteiger partial charge in [0.05, 0.1) is 16.9 Å². The summed E-state index contributed by atoms with van der Waals surface area (Å²) in [7, 11) is 1.96. The van der Waals surface area contributed by atoms with Crippen LogP contribution in [0.15, 0.2) is 35.7 Å². The SMILES string of the molecule is C[NH+](CC(=O)Nc1ccc(F)c(Cl)c1)Cc1cccs1. The molecule has 0 radical (unpaired) electrons. The number of carbonyl (C=O) groups is 1. The van der Waals surface area contributed by atoms with Gasteiger partial charge in [0.25, 0.3) is 5.91 Å². The van der Waals surface area contributed by atoms with Gasteiger partial charge in [-0.25, -0.2) is 4.39 Å². The fraction of sp³-hybridized carbons (Fsp3) is 0.214. The van der Waals surface area contributed by atoms with Crippen LogP contribution in [0.25, 0.3) is 0 Å². The number of amides is 1. The third kappa shape index (κ3) is 4.30. The van der Waals surface area contributed by atoms with E-state index in [1.165, 1.54) is 23.1 Å². The smallest absolute Gasteiger partial charge is 0.279 e. The molecule has 1 unspecified atom stereocenters. The van der Waals surface area contributed by atoms with E-state index in [9.17, 15) is 9.18 Å². The Labute approximate surface area is 126 Å². The zero-order valence-corrected chi connectivity index (χ0v) is 12.5. The summed E-state index contributed by atoms with van der Waals surface area (Å²) in [5.74, 6) is -0.619. The quantitative estimate of drug-likeness (QED) is 0.872. The number of hydrogen-bond donors (Lipinski definition) is 2. The minimum atomic E-state index is -0.495. The maximum atomic E-state index is 13.0. The summed E-state index contributed by atoms with van der Waals surface area (Å²) in [6.07, 6.45) is 0. The highest BCUT2D eigenvalue weighted by Crippen LogP contribution is 2.19. The standard InChI is InChI=1S/C14H14ClFN2OS/c1-18(8-11-3-2-6-20-11)9-14(19)17-10-4-5-13(16)12(15)7-10/h2-7H,8-9H2,1H3,(H,17,19)/p+1. The zero-order valence-electron chi connectivity index (χ0n) is 11.0. The summed E-state index contributed by atoms with van der Waals surface area (Å²) in [5, 5.41) is 4.73. The van der Waals surface area contributed by atoms with Crippen LogP contribution < -0.4 is 10.2 Å². The molecule has 0 saturated heterocycles. The van der Waals surface area contributed by atoms with Gasteiger partial charge in [-0.05, 0) is 29.6 Å². The fourth-order valence-electron chi connectivity index (χ4n) is 1.83. The molecule has 1 aromatic heterocycles. The molecule has 6 heteroatoms. The summed E-state index contributed by atoms with van der Waals surface area (Å²) < 4.78 is 13.0. The van der Waals surface area contributed by atoms with E-state index < -0.39 is 5.82 Å². The molecule has 0 saturated carbocycles. The molecule has 20 heavy (non-hydrogen) atoms. The van der Waals surface area contributed by atoms with E-state index in [1.54, 1.807) is 11.3 Å². The van der Waals surface area contributed by atoms with E-state index in [0.717, 1.165) is 11.4 Å². The molecular weight excluding hydrogens is 299 g/mol. The van der Waals surface area contributed by atoms with Gasteiger partial charge in [-0.1, -0.05) is 17.7 Å². The third-order valence-corrected chi connectivity index (χ3v) is 3.89. The van der Waals surface area contributed by atoms with Crippen molar-refractivity contribution in [3.8, 4) is 0 Å². The summed E-state index contributed by atoms with van der Waals surface area (Å²) >= 11 is 7.34. The van der Waals surface area contributed by atoms with Crippen LogP contribution >= 0.6 is 22.9 Å². The lowest BCUT2D eigenvalue weighted by Crippen LogP contribution is -3.08. The van der Waals surface area contributed by atoms with Gasteiger partial charge >= 0.3 is 0 Å². The monoisotopic (exact) mass is 313 g/mol. The average molecular weight is 314 g/mol. The first-order valence-electron chi connectivity index (χ1n) is 6.13. The van der Waals surface area contributed by atoms with Gasteiger partial charge in [0.2, 0.25) is 0 Å². The minimum Gasteiger partial charge on any atom is -0.325 e. The third-order valence-electron chi connectivity index (χ3n) is 2.72. The van der Waals surface area contributed by atoms with Crippen LogP contribution in [0, 0.1) is 5.82 Å². The number of halogens is 2. The summed E-state index contributed by atoms with van der Waals surface area (Å²) in [5.41, 5.74) is 0.505. The Bertz CT molecular complexity index is 589. The number of rotatable bonds is 5. The highest BCUT2D eigenvalue weighted by molar-refractivity contribution is 7.09. The molecule has 0 bridgehead atoms. The topological polar surface area (TPSA) is 33.5 Å². The van der Waals surface area contributed by atoms with Gasteiger partial charge < -0.3 is 10.2 Å². The normalized spacial score (nSPS) is 12.2. The van der Waals surface area contributed by atoms with Crippen molar-refractivity contribution in [2.24, 2.45) is 0 Å². The highest BCUT2D eigenvalue weighted by Gasteiger charge is 2.12. The molecule has 1 heterocycles. The van der Waals surface area contributed by atoms with Crippen LogP contribution in [0.5, 0.6) is 0 Å². The van der Waals surface area contributed by atoms with Gasteiger partial charge in [0.1, 0.15) is 12.4 Å². The molecule has 2 aromatic rings. The molecule has 1 atom stereocenters. The summed E-state index contributed by atoms with van der Waals surface area (Å²) in [4.78, 5) is 14.2. The van der Waals surface area contributed by atoms with Crippen molar-refractivity contribution in [1.82, 2.24) is 0 Å². The van der Waals surface area contributed by atoms with Gasteiger partial charge in [-0.15, -0.1) is 11.3 Å². The number of nitrogens with one attached hydrogen (secondary N) is 2. The first-order valence-corrected chi connectivity index (χ1v) is 7.39. The molecule has 1 amide bonds. The molecule has 1 aromatic carbocycles. The first kappa shape index (κ1) is 15.0. The number of benzene rings is 1. The Kier molecular flexibility index (Phi) is 5.11. The summed E-state index contributed by atoms with van der Waals surface area (Å²) in [6.45, 7) is 1.14. The van der Waals surface area contributed by atoms with Gasteiger partial charge in [0.15, 0.2) is 6.54 Å². The van der Waals surface area contributed by atoms with Gasteiger partial charge in [-0.2, -0.15) is 0 Å². The Balaban J connectivity index is 1.87. The average Bonchev–Trinajstić information content (AvgIpc) is 2.86. The Morgan fingerprint density at radius 3 is 2.90 bits per heavy atom. The van der Waals surface area contributed by atoms with E-state index in [-0.39, 0.29) is 10.9 Å². The molecule has 0 aliphatic carbocycles. The first-order chi connectivity index (χ1) is 9.54. The predicted octanol–water partition coefficient (Wildman–Crippen LogP) is 2.19. The minimum absolute atomic E-state index is 0.00193. The number of likely N-dealkylation sites (N-methyl/N-ethyl adjacent to an activating group) is 1. The van der Waals surface area contributed by atoms with Crippen molar-refractivity contribution in [2.45, 2.75) is 6.54 Å². The Morgan fingerprint density at radius 2 is 2.25 bits per heavy atom. The fourth-order valence-corrected chi connectivity index (χ4v) is 2.83. The molecule has 3 nitrogen and oxygen atoms in total. The van der Waals surface area contributed by atoms with E-state index in [1.807, 2.05) is 24.6 Å². The lowest BCUT2D eigenvalue weighted by atomic mass is 10.3. The number of thiophene rings is 1. The lowest BCUT2D eigenvalue weighted by molar-refractivity contribution is -0.884. The van der Waals surface area contributed by atoms with Crippen LogP contribution in [0.1, 0.15) is 4.88 Å². The molecule has 0 aliphatic rings. The van der Waals surface area contributed by atoms with E-state index in [0.29, 0.717) is 12.2 Å². The number of carbonyl (C=O) groups excluding carboxylic acids is 1. The number of anilines is 1. The Hall–Kier alpha value is -1.43. The molecule has 106 valence electrons. The summed E-state index contributed by atoms with van der Waals surface area (Å²) in [6, 6.07) is 8.18. The van der Waals surface area contributed by atoms with Gasteiger partial charge in [-0.3, -0.25) is 4.79 Å². The predicted molar refractivity (Wildman–Crippen MR) is 79.8 cm³/mol. The number of quaternary nitrogens is 1. The van der Waals surface area contributed by atoms with Crippen LogP contribution in [-0.2, 0) is 11.3 Å². The second kappa shape index (κ2) is 6.83. The molecule has 0 aliphatic heterocycles. The van der Waals surface area contributed by atoms with Crippen LogP contribution in [0.4, 0.5) is 10.1 Å². The Morgan fingerprint density at radius 1 is 1.45 bits per heavy atom. The van der Waals surface area contributed by atoms with Crippen molar-refractivity contribution in [3.05, 3.63) is 51.4 Å².